The molecule has 0 amide bonds. The lowest BCUT2D eigenvalue weighted by atomic mass is 10.1. The summed E-state index contributed by atoms with van der Waals surface area (Å²) in [4.78, 5) is 8.72. The predicted octanol–water partition coefficient (Wildman–Crippen LogP) is 4.72. The van der Waals surface area contributed by atoms with Gasteiger partial charge in [0.1, 0.15) is 5.75 Å². The van der Waals surface area contributed by atoms with Gasteiger partial charge in [-0.2, -0.15) is 0 Å². The van der Waals surface area contributed by atoms with Gasteiger partial charge >= 0.3 is 0 Å². The van der Waals surface area contributed by atoms with Crippen LogP contribution < -0.4 is 4.74 Å². The first kappa shape index (κ1) is 14.5. The van der Waals surface area contributed by atoms with Crippen molar-refractivity contribution in [1.29, 1.82) is 0 Å². The van der Waals surface area contributed by atoms with Crippen molar-refractivity contribution in [3.63, 3.8) is 0 Å². The Morgan fingerprint density at radius 3 is 2.55 bits per heavy atom. The molecule has 0 radical (unpaired) electrons. The maximum absolute atomic E-state index is 5.76. The lowest BCUT2D eigenvalue weighted by Gasteiger charge is -2.09. The van der Waals surface area contributed by atoms with Crippen LogP contribution in [-0.2, 0) is 0 Å². The molecule has 22 heavy (non-hydrogen) atoms. The Morgan fingerprint density at radius 1 is 1.00 bits per heavy atom. The third kappa shape index (κ3) is 3.25. The molecule has 3 heteroatoms. The third-order valence-corrected chi connectivity index (χ3v) is 3.66. The number of aromatic nitrogens is 2. The number of hydrogen-bond donors (Lipinski definition) is 0. The van der Waals surface area contributed by atoms with Crippen molar-refractivity contribution in [2.45, 2.75) is 20.3 Å². The van der Waals surface area contributed by atoms with Gasteiger partial charge in [0.2, 0.25) is 0 Å². The summed E-state index contributed by atoms with van der Waals surface area (Å²) in [7, 11) is 0. The van der Waals surface area contributed by atoms with Crippen molar-refractivity contribution in [1.82, 2.24) is 9.97 Å². The zero-order valence-corrected chi connectivity index (χ0v) is 13.0. The van der Waals surface area contributed by atoms with E-state index in [0.29, 0.717) is 5.92 Å². The van der Waals surface area contributed by atoms with E-state index in [9.17, 15) is 0 Å². The van der Waals surface area contributed by atoms with E-state index in [0.717, 1.165) is 40.8 Å². The van der Waals surface area contributed by atoms with E-state index < -0.39 is 0 Å². The Balaban J connectivity index is 1.83. The summed E-state index contributed by atoms with van der Waals surface area (Å²) in [5, 5.41) is 2.22. The molecule has 0 saturated carbocycles. The molecule has 0 aliphatic rings. The zero-order valence-electron chi connectivity index (χ0n) is 13.0. The standard InChI is InChI=1S/C19H20N2O/c1-14(2)9-12-22-17-5-3-16(4-6-17)19-18-13-20-10-7-15(18)8-11-21-19/h3-8,10-11,13-14H,9,12H2,1-2H3. The molecule has 3 rings (SSSR count). The van der Waals surface area contributed by atoms with Crippen LogP contribution in [0.25, 0.3) is 22.0 Å². The SMILES string of the molecule is CC(C)CCOc1ccc(-c2nccc3ccncc23)cc1. The highest BCUT2D eigenvalue weighted by Crippen LogP contribution is 2.27. The molecule has 0 saturated heterocycles. The summed E-state index contributed by atoms with van der Waals surface area (Å²) in [6, 6.07) is 12.1. The largest absolute Gasteiger partial charge is 0.494 e. The minimum absolute atomic E-state index is 0.659. The summed E-state index contributed by atoms with van der Waals surface area (Å²) in [6.45, 7) is 5.16. The van der Waals surface area contributed by atoms with E-state index in [1.54, 1.807) is 6.20 Å². The number of ether oxygens (including phenoxy) is 1. The van der Waals surface area contributed by atoms with Crippen molar-refractivity contribution in [2.24, 2.45) is 5.92 Å². The maximum atomic E-state index is 5.76. The number of fused-ring (bicyclic) bond motifs is 1. The van der Waals surface area contributed by atoms with Gasteiger partial charge in [0.25, 0.3) is 0 Å². The van der Waals surface area contributed by atoms with Crippen LogP contribution in [0.3, 0.4) is 0 Å². The molecule has 0 aliphatic heterocycles. The van der Waals surface area contributed by atoms with E-state index >= 15 is 0 Å². The molecule has 2 heterocycles. The second-order valence-electron chi connectivity index (χ2n) is 5.81. The summed E-state index contributed by atoms with van der Waals surface area (Å²) in [6.07, 6.45) is 6.57. The van der Waals surface area contributed by atoms with Gasteiger partial charge < -0.3 is 4.74 Å². The first-order chi connectivity index (χ1) is 10.7. The summed E-state index contributed by atoms with van der Waals surface area (Å²) < 4.78 is 5.76. The highest BCUT2D eigenvalue weighted by atomic mass is 16.5. The summed E-state index contributed by atoms with van der Waals surface area (Å²) in [5.74, 6) is 1.56. The molecule has 3 aromatic rings. The van der Waals surface area contributed by atoms with E-state index in [-0.39, 0.29) is 0 Å². The Kier molecular flexibility index (Phi) is 4.33. The number of hydrogen-bond acceptors (Lipinski definition) is 3. The lowest BCUT2D eigenvalue weighted by Crippen LogP contribution is -2.01. The van der Waals surface area contributed by atoms with Gasteiger partial charge in [-0.3, -0.25) is 9.97 Å². The molecule has 0 atom stereocenters. The van der Waals surface area contributed by atoms with E-state index in [2.05, 4.69) is 35.9 Å². The molecule has 0 bridgehead atoms. The molecule has 3 nitrogen and oxygen atoms in total. The molecule has 112 valence electrons. The Morgan fingerprint density at radius 2 is 1.77 bits per heavy atom. The highest BCUT2D eigenvalue weighted by Gasteiger charge is 2.05. The minimum Gasteiger partial charge on any atom is -0.494 e. The van der Waals surface area contributed by atoms with Gasteiger partial charge in [-0.05, 0) is 54.1 Å². The van der Waals surface area contributed by atoms with Crippen LogP contribution in [0.4, 0.5) is 0 Å². The number of rotatable bonds is 5. The van der Waals surface area contributed by atoms with Crippen molar-refractivity contribution in [3.05, 3.63) is 55.0 Å². The minimum atomic E-state index is 0.659. The van der Waals surface area contributed by atoms with Gasteiger partial charge in [-0.15, -0.1) is 0 Å². The van der Waals surface area contributed by atoms with Gasteiger partial charge in [0.05, 0.1) is 12.3 Å². The topological polar surface area (TPSA) is 35.0 Å². The Hall–Kier alpha value is -2.42. The van der Waals surface area contributed by atoms with Crippen molar-refractivity contribution in [2.75, 3.05) is 6.61 Å². The summed E-state index contributed by atoms with van der Waals surface area (Å²) in [5.41, 5.74) is 2.04. The predicted molar refractivity (Wildman–Crippen MR) is 89.9 cm³/mol. The third-order valence-electron chi connectivity index (χ3n) is 3.66. The van der Waals surface area contributed by atoms with Crippen LogP contribution in [-0.4, -0.2) is 16.6 Å². The lowest BCUT2D eigenvalue weighted by molar-refractivity contribution is 0.289. The average Bonchev–Trinajstić information content (AvgIpc) is 2.55. The first-order valence-corrected chi connectivity index (χ1v) is 7.66. The second kappa shape index (κ2) is 6.56. The summed E-state index contributed by atoms with van der Waals surface area (Å²) >= 11 is 0. The molecular formula is C19H20N2O. The normalized spacial score (nSPS) is 11.0. The van der Waals surface area contributed by atoms with Crippen molar-refractivity contribution < 1.29 is 4.74 Å². The highest BCUT2D eigenvalue weighted by molar-refractivity contribution is 5.93. The van der Waals surface area contributed by atoms with Crippen LogP contribution in [0.5, 0.6) is 5.75 Å². The number of pyridine rings is 2. The Bertz CT molecular complexity index is 745. The molecular weight excluding hydrogens is 272 g/mol. The molecule has 0 N–H and O–H groups in total. The molecule has 0 spiro atoms. The van der Waals surface area contributed by atoms with Gasteiger partial charge in [-0.1, -0.05) is 13.8 Å². The van der Waals surface area contributed by atoms with Gasteiger partial charge in [0, 0.05) is 29.5 Å². The van der Waals surface area contributed by atoms with Crippen molar-refractivity contribution >= 4 is 10.8 Å². The fourth-order valence-electron chi connectivity index (χ4n) is 2.36. The second-order valence-corrected chi connectivity index (χ2v) is 5.81. The number of benzene rings is 1. The number of nitrogens with zero attached hydrogens (tertiary/aromatic N) is 2. The quantitative estimate of drug-likeness (QED) is 0.682. The van der Waals surface area contributed by atoms with E-state index in [1.807, 2.05) is 36.7 Å². The Labute approximate surface area is 131 Å². The van der Waals surface area contributed by atoms with Gasteiger partial charge in [0.15, 0.2) is 0 Å². The fraction of sp³-hybridized carbons (Fsp3) is 0.263. The van der Waals surface area contributed by atoms with Crippen LogP contribution in [0.1, 0.15) is 20.3 Å². The van der Waals surface area contributed by atoms with Crippen LogP contribution in [0.2, 0.25) is 0 Å². The molecule has 0 unspecified atom stereocenters. The van der Waals surface area contributed by atoms with E-state index in [1.165, 1.54) is 0 Å². The van der Waals surface area contributed by atoms with Gasteiger partial charge in [-0.25, -0.2) is 0 Å². The van der Waals surface area contributed by atoms with Crippen LogP contribution in [0, 0.1) is 5.92 Å². The monoisotopic (exact) mass is 292 g/mol. The zero-order chi connectivity index (χ0) is 15.4. The van der Waals surface area contributed by atoms with E-state index in [4.69, 9.17) is 4.74 Å². The molecule has 1 aromatic carbocycles. The van der Waals surface area contributed by atoms with Crippen LogP contribution >= 0.6 is 0 Å². The first-order valence-electron chi connectivity index (χ1n) is 7.66. The fourth-order valence-corrected chi connectivity index (χ4v) is 2.36. The molecule has 0 fully saturated rings. The smallest absolute Gasteiger partial charge is 0.119 e. The molecule has 2 aromatic heterocycles. The maximum Gasteiger partial charge on any atom is 0.119 e. The van der Waals surface area contributed by atoms with Crippen LogP contribution in [0.15, 0.2) is 55.0 Å². The molecule has 0 aliphatic carbocycles. The average molecular weight is 292 g/mol. The van der Waals surface area contributed by atoms with Crippen molar-refractivity contribution in [3.8, 4) is 17.0 Å².